The molecule has 2 amide bonds. The van der Waals surface area contributed by atoms with Gasteiger partial charge in [0.25, 0.3) is 5.91 Å². The normalized spacial score (nSPS) is 19.1. The molecule has 28 heavy (non-hydrogen) atoms. The maximum atomic E-state index is 12.4. The predicted molar refractivity (Wildman–Crippen MR) is 110 cm³/mol. The van der Waals surface area contributed by atoms with Gasteiger partial charge in [0.1, 0.15) is 0 Å². The van der Waals surface area contributed by atoms with Crippen molar-refractivity contribution in [2.45, 2.75) is 63.4 Å². The van der Waals surface area contributed by atoms with E-state index in [2.05, 4.69) is 17.6 Å². The van der Waals surface area contributed by atoms with Crippen molar-refractivity contribution in [1.29, 1.82) is 0 Å². The topological polar surface area (TPSA) is 84.5 Å². The summed E-state index contributed by atoms with van der Waals surface area (Å²) in [5, 5.41) is 5.79. The molecule has 0 unspecified atom stereocenters. The highest BCUT2D eigenvalue weighted by Gasteiger charge is 2.23. The van der Waals surface area contributed by atoms with Crippen LogP contribution < -0.4 is 10.6 Å². The van der Waals surface area contributed by atoms with Gasteiger partial charge in [0.15, 0.2) is 6.61 Å². The molecule has 1 fully saturated rings. The van der Waals surface area contributed by atoms with Gasteiger partial charge in [-0.2, -0.15) is 0 Å². The highest BCUT2D eigenvalue weighted by molar-refractivity contribution is 8.00. The molecule has 2 atom stereocenters. The molecule has 0 bridgehead atoms. The number of thioether (sulfide) groups is 1. The molecule has 7 heteroatoms. The third kappa shape index (κ3) is 7.19. The first-order valence-corrected chi connectivity index (χ1v) is 10.8. The number of carbonyl (C=O) groups excluding carboxylic acids is 3. The van der Waals surface area contributed by atoms with Gasteiger partial charge in [0.05, 0.1) is 11.3 Å². The van der Waals surface area contributed by atoms with E-state index in [0.29, 0.717) is 16.4 Å². The molecule has 0 aliphatic heterocycles. The summed E-state index contributed by atoms with van der Waals surface area (Å²) in [6.45, 7) is 5.63. The second kappa shape index (κ2) is 11.1. The molecule has 0 radical (unpaired) electrons. The number of rotatable bonds is 8. The predicted octanol–water partition coefficient (Wildman–Crippen LogP) is 3.16. The molecule has 1 aromatic carbocycles. The average molecular weight is 407 g/mol. The fourth-order valence-corrected chi connectivity index (χ4v) is 4.11. The fraction of sp³-hybridized carbons (Fsp3) is 0.571. The lowest BCUT2D eigenvalue weighted by atomic mass is 9.86. The van der Waals surface area contributed by atoms with Crippen molar-refractivity contribution in [3.05, 3.63) is 29.8 Å². The number of amides is 2. The monoisotopic (exact) mass is 406 g/mol. The van der Waals surface area contributed by atoms with Gasteiger partial charge in [-0.05, 0) is 44.7 Å². The molecule has 1 aliphatic rings. The number of carbonyl (C=O) groups is 3. The first-order chi connectivity index (χ1) is 13.4. The zero-order valence-electron chi connectivity index (χ0n) is 16.8. The third-order valence-electron chi connectivity index (χ3n) is 4.71. The fourth-order valence-electron chi connectivity index (χ4n) is 3.26. The lowest BCUT2D eigenvalue weighted by Gasteiger charge is -2.29. The summed E-state index contributed by atoms with van der Waals surface area (Å²) >= 11 is 1.28. The summed E-state index contributed by atoms with van der Waals surface area (Å²) in [6, 6.07) is 7.18. The van der Waals surface area contributed by atoms with Crippen LogP contribution in [0, 0.1) is 5.92 Å². The Labute approximate surface area is 171 Å². The highest BCUT2D eigenvalue weighted by Crippen LogP contribution is 2.24. The van der Waals surface area contributed by atoms with Crippen LogP contribution in [0.2, 0.25) is 0 Å². The van der Waals surface area contributed by atoms with Gasteiger partial charge in [-0.1, -0.05) is 31.9 Å². The molecule has 154 valence electrons. The Balaban J connectivity index is 1.86. The second-order valence-corrected chi connectivity index (χ2v) is 8.54. The minimum absolute atomic E-state index is 0.0682. The van der Waals surface area contributed by atoms with Crippen molar-refractivity contribution >= 4 is 29.5 Å². The summed E-state index contributed by atoms with van der Waals surface area (Å²) < 4.78 is 5.21. The SMILES string of the molecule is CC(C)NC(=O)CSc1ccccc1C(=O)OCC(=O)N[C@H]1CCCC[C@H]1C. The minimum Gasteiger partial charge on any atom is -0.452 e. The summed E-state index contributed by atoms with van der Waals surface area (Å²) in [7, 11) is 0. The molecule has 0 saturated heterocycles. The molecule has 0 spiro atoms. The van der Waals surface area contributed by atoms with Crippen molar-refractivity contribution in [2.24, 2.45) is 5.92 Å². The first-order valence-electron chi connectivity index (χ1n) is 9.84. The largest absolute Gasteiger partial charge is 0.452 e. The Kier molecular flexibility index (Phi) is 8.83. The van der Waals surface area contributed by atoms with E-state index in [1.807, 2.05) is 13.8 Å². The van der Waals surface area contributed by atoms with E-state index in [1.165, 1.54) is 18.2 Å². The minimum atomic E-state index is -0.556. The van der Waals surface area contributed by atoms with Gasteiger partial charge in [0, 0.05) is 17.0 Å². The number of nitrogens with one attached hydrogen (secondary N) is 2. The van der Waals surface area contributed by atoms with Crippen LogP contribution in [0.4, 0.5) is 0 Å². The van der Waals surface area contributed by atoms with E-state index in [-0.39, 0.29) is 36.3 Å². The molecule has 0 heterocycles. The number of esters is 1. The van der Waals surface area contributed by atoms with E-state index in [9.17, 15) is 14.4 Å². The standard InChI is InChI=1S/C21H30N2O4S/c1-14(2)22-20(25)13-28-18-11-7-5-9-16(18)21(26)27-12-19(24)23-17-10-6-4-8-15(17)3/h5,7,9,11,14-15,17H,4,6,8,10,12-13H2,1-3H3,(H,22,25)(H,23,24)/t15-,17+/m1/s1. The van der Waals surface area contributed by atoms with E-state index in [1.54, 1.807) is 24.3 Å². The van der Waals surface area contributed by atoms with Crippen LogP contribution in [-0.4, -0.2) is 42.2 Å². The van der Waals surface area contributed by atoms with Crippen molar-refractivity contribution in [3.63, 3.8) is 0 Å². The van der Waals surface area contributed by atoms with Crippen LogP contribution >= 0.6 is 11.8 Å². The Morgan fingerprint density at radius 1 is 1.14 bits per heavy atom. The Morgan fingerprint density at radius 3 is 2.57 bits per heavy atom. The van der Waals surface area contributed by atoms with Gasteiger partial charge < -0.3 is 15.4 Å². The van der Waals surface area contributed by atoms with Crippen molar-refractivity contribution in [2.75, 3.05) is 12.4 Å². The van der Waals surface area contributed by atoms with Crippen molar-refractivity contribution in [1.82, 2.24) is 10.6 Å². The zero-order valence-corrected chi connectivity index (χ0v) is 17.6. The summed E-state index contributed by atoms with van der Waals surface area (Å²) in [4.78, 5) is 37.1. The molecule has 1 aromatic rings. The third-order valence-corrected chi connectivity index (χ3v) is 5.78. The smallest absolute Gasteiger partial charge is 0.339 e. The van der Waals surface area contributed by atoms with Gasteiger partial charge in [-0.25, -0.2) is 4.79 Å². The van der Waals surface area contributed by atoms with E-state index in [0.717, 1.165) is 19.3 Å². The van der Waals surface area contributed by atoms with Crippen LogP contribution in [0.5, 0.6) is 0 Å². The highest BCUT2D eigenvalue weighted by atomic mass is 32.2. The van der Waals surface area contributed by atoms with Crippen molar-refractivity contribution in [3.8, 4) is 0 Å². The van der Waals surface area contributed by atoms with Crippen molar-refractivity contribution < 1.29 is 19.1 Å². The molecule has 6 nitrogen and oxygen atoms in total. The molecule has 0 aromatic heterocycles. The Bertz CT molecular complexity index is 693. The molecule has 1 aliphatic carbocycles. The van der Waals surface area contributed by atoms with E-state index >= 15 is 0 Å². The quantitative estimate of drug-likeness (QED) is 0.512. The van der Waals surface area contributed by atoms with Crippen LogP contribution in [0.15, 0.2) is 29.2 Å². The maximum absolute atomic E-state index is 12.4. The molecular weight excluding hydrogens is 376 g/mol. The zero-order chi connectivity index (χ0) is 20.5. The molecule has 2 N–H and O–H groups in total. The number of ether oxygens (including phenoxy) is 1. The lowest BCUT2D eigenvalue weighted by Crippen LogP contribution is -2.42. The summed E-state index contributed by atoms with van der Waals surface area (Å²) in [5.41, 5.74) is 0.365. The van der Waals surface area contributed by atoms with Crippen LogP contribution in [0.1, 0.15) is 56.8 Å². The Hall–Kier alpha value is -2.02. The van der Waals surface area contributed by atoms with E-state index < -0.39 is 5.97 Å². The summed E-state index contributed by atoms with van der Waals surface area (Å²) in [6.07, 6.45) is 4.40. The summed E-state index contributed by atoms with van der Waals surface area (Å²) in [5.74, 6) is -0.262. The Morgan fingerprint density at radius 2 is 1.86 bits per heavy atom. The van der Waals surface area contributed by atoms with Crippen LogP contribution in [0.3, 0.4) is 0 Å². The first kappa shape index (κ1) is 22.3. The molecule has 1 saturated carbocycles. The number of hydrogen-bond acceptors (Lipinski definition) is 5. The van der Waals surface area contributed by atoms with Crippen LogP contribution in [0.25, 0.3) is 0 Å². The second-order valence-electron chi connectivity index (χ2n) is 7.52. The lowest BCUT2D eigenvalue weighted by molar-refractivity contribution is -0.125. The van der Waals surface area contributed by atoms with Gasteiger partial charge in [0.2, 0.25) is 5.91 Å². The number of hydrogen-bond donors (Lipinski definition) is 2. The molecule has 2 rings (SSSR count). The maximum Gasteiger partial charge on any atom is 0.339 e. The van der Waals surface area contributed by atoms with Crippen LogP contribution in [-0.2, 0) is 14.3 Å². The van der Waals surface area contributed by atoms with Gasteiger partial charge >= 0.3 is 5.97 Å². The van der Waals surface area contributed by atoms with E-state index in [4.69, 9.17) is 4.74 Å². The van der Waals surface area contributed by atoms with Gasteiger partial charge in [-0.3, -0.25) is 9.59 Å². The average Bonchev–Trinajstić information content (AvgIpc) is 2.66. The number of benzene rings is 1. The van der Waals surface area contributed by atoms with Gasteiger partial charge in [-0.15, -0.1) is 11.8 Å². The molecular formula is C21H30N2O4S.